The molecular formula is C11H12F2OS. The molecule has 0 amide bonds. The van der Waals surface area contributed by atoms with Crippen LogP contribution in [0.15, 0.2) is 23.1 Å². The highest BCUT2D eigenvalue weighted by Crippen LogP contribution is 2.28. The molecule has 0 aliphatic rings. The van der Waals surface area contributed by atoms with E-state index in [1.165, 1.54) is 30.8 Å². The van der Waals surface area contributed by atoms with Crippen molar-refractivity contribution in [3.05, 3.63) is 29.8 Å². The van der Waals surface area contributed by atoms with Crippen molar-refractivity contribution < 1.29 is 13.6 Å². The van der Waals surface area contributed by atoms with Gasteiger partial charge in [0.15, 0.2) is 0 Å². The second-order valence-electron chi connectivity index (χ2n) is 3.41. The summed E-state index contributed by atoms with van der Waals surface area (Å²) < 4.78 is 25.8. The fraction of sp³-hybridized carbons (Fsp3) is 0.364. The van der Waals surface area contributed by atoms with Crippen LogP contribution in [0, 0.1) is 11.6 Å². The number of halogens is 2. The minimum atomic E-state index is -0.587. The van der Waals surface area contributed by atoms with Gasteiger partial charge in [-0.05, 0) is 19.1 Å². The molecule has 0 aliphatic heterocycles. The van der Waals surface area contributed by atoms with Gasteiger partial charge >= 0.3 is 0 Å². The Morgan fingerprint density at radius 2 is 2.13 bits per heavy atom. The van der Waals surface area contributed by atoms with Gasteiger partial charge in [0.05, 0.1) is 0 Å². The second-order valence-corrected chi connectivity index (χ2v) is 4.89. The van der Waals surface area contributed by atoms with Gasteiger partial charge in [-0.15, -0.1) is 11.8 Å². The average Bonchev–Trinajstić information content (AvgIpc) is 2.08. The number of Topliss-reactive ketones (excluding diaryl/α,β-unsaturated/α-hetero) is 1. The molecule has 1 unspecified atom stereocenters. The maximum Gasteiger partial charge on any atom is 0.139 e. The van der Waals surface area contributed by atoms with Crippen LogP contribution < -0.4 is 0 Å². The van der Waals surface area contributed by atoms with Crippen LogP contribution >= 0.6 is 11.8 Å². The molecule has 1 atom stereocenters. The highest BCUT2D eigenvalue weighted by molar-refractivity contribution is 8.00. The van der Waals surface area contributed by atoms with Crippen LogP contribution in [0.1, 0.15) is 20.3 Å². The van der Waals surface area contributed by atoms with E-state index in [4.69, 9.17) is 0 Å². The van der Waals surface area contributed by atoms with Gasteiger partial charge in [-0.1, -0.05) is 6.92 Å². The Bertz CT molecular complexity index is 366. The van der Waals surface area contributed by atoms with Gasteiger partial charge in [-0.3, -0.25) is 4.79 Å². The largest absolute Gasteiger partial charge is 0.300 e. The van der Waals surface area contributed by atoms with E-state index >= 15 is 0 Å². The fourth-order valence-electron chi connectivity index (χ4n) is 1.23. The number of hydrogen-bond donors (Lipinski definition) is 0. The van der Waals surface area contributed by atoms with Crippen molar-refractivity contribution in [2.45, 2.75) is 30.4 Å². The van der Waals surface area contributed by atoms with Crippen LogP contribution in [0.3, 0.4) is 0 Å². The fourth-order valence-corrected chi connectivity index (χ4v) is 2.30. The van der Waals surface area contributed by atoms with E-state index in [2.05, 4.69) is 0 Å². The van der Waals surface area contributed by atoms with Crippen molar-refractivity contribution in [3.8, 4) is 0 Å². The summed E-state index contributed by atoms with van der Waals surface area (Å²) in [6, 6.07) is 3.46. The van der Waals surface area contributed by atoms with Crippen molar-refractivity contribution in [1.82, 2.24) is 0 Å². The Kier molecular flexibility index (Phi) is 4.27. The van der Waals surface area contributed by atoms with Crippen molar-refractivity contribution in [3.63, 3.8) is 0 Å². The van der Waals surface area contributed by atoms with E-state index < -0.39 is 11.6 Å². The molecule has 1 aromatic carbocycles. The predicted molar refractivity (Wildman–Crippen MR) is 57.0 cm³/mol. The Morgan fingerprint density at radius 3 is 2.67 bits per heavy atom. The second kappa shape index (κ2) is 5.26. The number of ketones is 1. The average molecular weight is 230 g/mol. The number of benzene rings is 1. The number of carbonyl (C=O) groups is 1. The van der Waals surface area contributed by atoms with E-state index in [9.17, 15) is 13.6 Å². The number of hydrogen-bond acceptors (Lipinski definition) is 2. The molecule has 4 heteroatoms. The zero-order valence-electron chi connectivity index (χ0n) is 8.59. The Morgan fingerprint density at radius 1 is 1.47 bits per heavy atom. The van der Waals surface area contributed by atoms with Gasteiger partial charge in [0.1, 0.15) is 17.4 Å². The first-order valence-corrected chi connectivity index (χ1v) is 5.48. The summed E-state index contributed by atoms with van der Waals surface area (Å²) in [6.07, 6.45) is 0.390. The van der Waals surface area contributed by atoms with Gasteiger partial charge < -0.3 is 0 Å². The molecule has 0 fully saturated rings. The Balaban J connectivity index is 2.68. The van der Waals surface area contributed by atoms with Crippen LogP contribution in [0.2, 0.25) is 0 Å². The summed E-state index contributed by atoms with van der Waals surface area (Å²) >= 11 is 1.24. The molecule has 0 saturated heterocycles. The van der Waals surface area contributed by atoms with Crippen LogP contribution in [-0.2, 0) is 4.79 Å². The third-order valence-corrected chi connectivity index (χ3v) is 2.95. The van der Waals surface area contributed by atoms with Gasteiger partial charge in [-0.2, -0.15) is 0 Å². The standard InChI is InChI=1S/C11H12F2OS/c1-7(14)5-8(2)15-11-4-3-9(12)6-10(11)13/h3-4,6,8H,5H2,1-2H3. The Hall–Kier alpha value is -0.900. The summed E-state index contributed by atoms with van der Waals surface area (Å²) in [5, 5.41) is 0.00228. The lowest BCUT2D eigenvalue weighted by atomic mass is 10.2. The molecule has 0 heterocycles. The number of rotatable bonds is 4. The lowest BCUT2D eigenvalue weighted by Gasteiger charge is -2.09. The molecule has 1 aromatic rings. The van der Waals surface area contributed by atoms with E-state index in [0.29, 0.717) is 11.3 Å². The SMILES string of the molecule is CC(=O)CC(C)Sc1ccc(F)cc1F. The van der Waals surface area contributed by atoms with E-state index in [1.807, 2.05) is 6.92 Å². The summed E-state index contributed by atoms with van der Waals surface area (Å²) in [7, 11) is 0. The zero-order valence-corrected chi connectivity index (χ0v) is 9.41. The minimum absolute atomic E-state index is 0.00228. The third kappa shape index (κ3) is 4.00. The summed E-state index contributed by atoms with van der Waals surface area (Å²) in [6.45, 7) is 3.34. The van der Waals surface area contributed by atoms with Crippen LogP contribution in [0.5, 0.6) is 0 Å². The molecule has 0 spiro atoms. The van der Waals surface area contributed by atoms with Crippen molar-refractivity contribution >= 4 is 17.5 Å². The number of carbonyl (C=O) groups excluding carboxylic acids is 1. The van der Waals surface area contributed by atoms with Gasteiger partial charge in [0.25, 0.3) is 0 Å². The van der Waals surface area contributed by atoms with Crippen molar-refractivity contribution in [1.29, 1.82) is 0 Å². The molecule has 0 radical (unpaired) electrons. The molecule has 0 aliphatic carbocycles. The topological polar surface area (TPSA) is 17.1 Å². The molecular weight excluding hydrogens is 218 g/mol. The molecule has 0 N–H and O–H groups in total. The normalized spacial score (nSPS) is 12.5. The Labute approximate surface area is 91.9 Å². The first-order valence-electron chi connectivity index (χ1n) is 4.60. The molecule has 82 valence electrons. The van der Waals surface area contributed by atoms with Gasteiger partial charge in [-0.25, -0.2) is 8.78 Å². The summed E-state index contributed by atoms with van der Waals surface area (Å²) in [5.74, 6) is -1.09. The molecule has 1 rings (SSSR count). The first-order chi connectivity index (χ1) is 6.99. The van der Waals surface area contributed by atoms with Crippen LogP contribution in [0.25, 0.3) is 0 Å². The van der Waals surface area contributed by atoms with Crippen LogP contribution in [-0.4, -0.2) is 11.0 Å². The van der Waals surface area contributed by atoms with E-state index in [-0.39, 0.29) is 11.0 Å². The maximum atomic E-state index is 13.2. The van der Waals surface area contributed by atoms with E-state index in [1.54, 1.807) is 0 Å². The molecule has 1 nitrogen and oxygen atoms in total. The van der Waals surface area contributed by atoms with E-state index in [0.717, 1.165) is 6.07 Å². The maximum absolute atomic E-state index is 13.2. The van der Waals surface area contributed by atoms with Crippen molar-refractivity contribution in [2.24, 2.45) is 0 Å². The molecule has 0 bridgehead atoms. The van der Waals surface area contributed by atoms with Crippen LogP contribution in [0.4, 0.5) is 8.78 Å². The quantitative estimate of drug-likeness (QED) is 0.737. The predicted octanol–water partition coefficient (Wildman–Crippen LogP) is 3.42. The third-order valence-electron chi connectivity index (χ3n) is 1.80. The molecule has 0 saturated carbocycles. The lowest BCUT2D eigenvalue weighted by Crippen LogP contribution is -2.03. The highest BCUT2D eigenvalue weighted by atomic mass is 32.2. The summed E-state index contributed by atoms with van der Waals surface area (Å²) in [4.78, 5) is 11.2. The smallest absolute Gasteiger partial charge is 0.139 e. The lowest BCUT2D eigenvalue weighted by molar-refractivity contribution is -0.116. The summed E-state index contributed by atoms with van der Waals surface area (Å²) in [5.41, 5.74) is 0. The minimum Gasteiger partial charge on any atom is -0.300 e. The van der Waals surface area contributed by atoms with Gasteiger partial charge in [0, 0.05) is 22.6 Å². The first kappa shape index (κ1) is 12.2. The van der Waals surface area contributed by atoms with Crippen molar-refractivity contribution in [2.75, 3.05) is 0 Å². The molecule has 15 heavy (non-hydrogen) atoms. The monoisotopic (exact) mass is 230 g/mol. The number of thioether (sulfide) groups is 1. The zero-order chi connectivity index (χ0) is 11.4. The highest BCUT2D eigenvalue weighted by Gasteiger charge is 2.11. The molecule has 0 aromatic heterocycles. The van der Waals surface area contributed by atoms with Gasteiger partial charge in [0.2, 0.25) is 0 Å².